The average Bonchev–Trinajstić information content (AvgIpc) is 2.26. The zero-order chi connectivity index (χ0) is 13.8. The molecule has 0 aliphatic heterocycles. The van der Waals surface area contributed by atoms with E-state index in [9.17, 15) is 4.79 Å². The molecule has 0 spiro atoms. The van der Waals surface area contributed by atoms with Gasteiger partial charge in [0, 0.05) is 11.3 Å². The Kier molecular flexibility index (Phi) is 5.99. The van der Waals surface area contributed by atoms with E-state index in [0.717, 1.165) is 12.8 Å². The molecule has 1 saturated carbocycles. The molecule has 0 amide bonds. The quantitative estimate of drug-likeness (QED) is 0.800. The highest BCUT2D eigenvalue weighted by Crippen LogP contribution is 2.41. The Morgan fingerprint density at radius 3 is 2.61 bits per heavy atom. The van der Waals surface area contributed by atoms with Crippen LogP contribution in [0.15, 0.2) is 0 Å². The van der Waals surface area contributed by atoms with Gasteiger partial charge in [-0.15, -0.1) is 11.8 Å². The molecule has 1 aliphatic carbocycles. The number of hydrogen-bond acceptors (Lipinski definition) is 4. The maximum atomic E-state index is 11.4. The molecule has 0 aromatic rings. The van der Waals surface area contributed by atoms with E-state index in [0.29, 0.717) is 28.9 Å². The fourth-order valence-electron chi connectivity index (χ4n) is 2.51. The second-order valence-electron chi connectivity index (χ2n) is 6.19. The maximum absolute atomic E-state index is 11.4. The van der Waals surface area contributed by atoms with Crippen molar-refractivity contribution in [2.45, 2.75) is 58.2 Å². The minimum absolute atomic E-state index is 0.118. The summed E-state index contributed by atoms with van der Waals surface area (Å²) in [7, 11) is 0. The van der Waals surface area contributed by atoms with E-state index in [1.54, 1.807) is 11.8 Å². The molecule has 2 N–H and O–H groups in total. The predicted molar refractivity (Wildman–Crippen MR) is 77.7 cm³/mol. The van der Waals surface area contributed by atoms with Gasteiger partial charge in [-0.3, -0.25) is 4.79 Å². The molecular weight excluding hydrogens is 246 g/mol. The van der Waals surface area contributed by atoms with Crippen LogP contribution in [0, 0.1) is 11.3 Å². The van der Waals surface area contributed by atoms with Gasteiger partial charge in [0.15, 0.2) is 0 Å². The number of esters is 1. The molecule has 3 atom stereocenters. The minimum atomic E-state index is -0.118. The molecule has 4 heteroatoms. The Labute approximate surface area is 115 Å². The van der Waals surface area contributed by atoms with Gasteiger partial charge in [0.2, 0.25) is 0 Å². The Balaban J connectivity index is 2.45. The van der Waals surface area contributed by atoms with Crippen molar-refractivity contribution in [1.29, 1.82) is 0 Å². The van der Waals surface area contributed by atoms with Crippen LogP contribution in [0.2, 0.25) is 0 Å². The summed E-state index contributed by atoms with van der Waals surface area (Å²) in [6.45, 7) is 9.18. The first kappa shape index (κ1) is 15.8. The van der Waals surface area contributed by atoms with Crippen LogP contribution in [0.4, 0.5) is 0 Å². The lowest BCUT2D eigenvalue weighted by Crippen LogP contribution is -2.42. The molecule has 1 rings (SSSR count). The van der Waals surface area contributed by atoms with Crippen LogP contribution < -0.4 is 5.73 Å². The van der Waals surface area contributed by atoms with Gasteiger partial charge in [-0.1, -0.05) is 20.8 Å². The highest BCUT2D eigenvalue weighted by Gasteiger charge is 2.34. The third kappa shape index (κ3) is 4.81. The fraction of sp³-hybridized carbons (Fsp3) is 0.929. The van der Waals surface area contributed by atoms with Gasteiger partial charge in [-0.25, -0.2) is 0 Å². The molecule has 3 nitrogen and oxygen atoms in total. The van der Waals surface area contributed by atoms with Crippen molar-refractivity contribution in [1.82, 2.24) is 0 Å². The fourth-order valence-corrected chi connectivity index (χ4v) is 3.69. The number of hydrogen-bond donors (Lipinski definition) is 1. The largest absolute Gasteiger partial charge is 0.465 e. The first-order valence-corrected chi connectivity index (χ1v) is 7.92. The second-order valence-corrected chi connectivity index (χ2v) is 7.42. The minimum Gasteiger partial charge on any atom is -0.465 e. The van der Waals surface area contributed by atoms with Crippen molar-refractivity contribution < 1.29 is 9.53 Å². The Bertz CT molecular complexity index is 275. The van der Waals surface area contributed by atoms with E-state index in [-0.39, 0.29) is 12.0 Å². The lowest BCUT2D eigenvalue weighted by atomic mass is 9.71. The summed E-state index contributed by atoms with van der Waals surface area (Å²) < 4.78 is 4.96. The van der Waals surface area contributed by atoms with Gasteiger partial charge >= 0.3 is 5.97 Å². The summed E-state index contributed by atoms with van der Waals surface area (Å²) in [6, 6.07) is 0.225. The Morgan fingerprint density at radius 2 is 2.06 bits per heavy atom. The molecule has 0 bridgehead atoms. The van der Waals surface area contributed by atoms with Gasteiger partial charge in [-0.05, 0) is 37.5 Å². The average molecular weight is 273 g/mol. The summed E-state index contributed by atoms with van der Waals surface area (Å²) in [5.74, 6) is 1.02. The number of thioether (sulfide) groups is 1. The zero-order valence-electron chi connectivity index (χ0n) is 12.1. The van der Waals surface area contributed by atoms with E-state index in [1.165, 1.54) is 6.42 Å². The van der Waals surface area contributed by atoms with Gasteiger partial charge < -0.3 is 10.5 Å². The van der Waals surface area contributed by atoms with Crippen LogP contribution in [0.3, 0.4) is 0 Å². The number of nitrogens with two attached hydrogens (primary N) is 1. The van der Waals surface area contributed by atoms with E-state index in [1.807, 2.05) is 6.92 Å². The second kappa shape index (κ2) is 6.80. The molecule has 3 unspecified atom stereocenters. The third-order valence-corrected chi connectivity index (χ3v) is 5.16. The molecule has 0 aromatic carbocycles. The van der Waals surface area contributed by atoms with Gasteiger partial charge in [-0.2, -0.15) is 0 Å². The molecule has 0 radical (unpaired) electrons. The van der Waals surface area contributed by atoms with E-state index >= 15 is 0 Å². The zero-order valence-corrected chi connectivity index (χ0v) is 12.9. The number of carbonyl (C=O) groups is 1. The van der Waals surface area contributed by atoms with Crippen LogP contribution in [0.25, 0.3) is 0 Å². The molecule has 1 aliphatic rings. The monoisotopic (exact) mass is 273 g/mol. The van der Waals surface area contributed by atoms with Crippen LogP contribution in [0.5, 0.6) is 0 Å². The van der Waals surface area contributed by atoms with Gasteiger partial charge in [0.25, 0.3) is 0 Å². The van der Waals surface area contributed by atoms with E-state index < -0.39 is 0 Å². The first-order chi connectivity index (χ1) is 8.34. The summed E-state index contributed by atoms with van der Waals surface area (Å²) in [5, 5.41) is 0.396. The van der Waals surface area contributed by atoms with Crippen molar-refractivity contribution in [3.63, 3.8) is 0 Å². The van der Waals surface area contributed by atoms with Crippen LogP contribution >= 0.6 is 11.8 Å². The molecule has 18 heavy (non-hydrogen) atoms. The highest BCUT2D eigenvalue weighted by atomic mass is 32.2. The Hall–Kier alpha value is -0.220. The lowest BCUT2D eigenvalue weighted by molar-refractivity contribution is -0.139. The van der Waals surface area contributed by atoms with Gasteiger partial charge in [0.05, 0.1) is 12.4 Å². The van der Waals surface area contributed by atoms with Crippen molar-refractivity contribution in [3.8, 4) is 0 Å². The molecular formula is C14H27NO2S. The third-order valence-electron chi connectivity index (χ3n) is 3.79. The first-order valence-electron chi connectivity index (χ1n) is 6.87. The molecule has 0 saturated heterocycles. The SMILES string of the molecule is CCOC(=O)CSC1CC(C(C)(C)C)CCC1N. The summed E-state index contributed by atoms with van der Waals surface area (Å²) >= 11 is 1.67. The van der Waals surface area contributed by atoms with Gasteiger partial charge in [0.1, 0.15) is 0 Å². The van der Waals surface area contributed by atoms with E-state index in [2.05, 4.69) is 20.8 Å². The summed E-state index contributed by atoms with van der Waals surface area (Å²) in [6.07, 6.45) is 3.40. The number of ether oxygens (including phenoxy) is 1. The van der Waals surface area contributed by atoms with Crippen LogP contribution in [-0.4, -0.2) is 29.6 Å². The summed E-state index contributed by atoms with van der Waals surface area (Å²) in [4.78, 5) is 11.4. The van der Waals surface area contributed by atoms with Crippen molar-refractivity contribution in [2.24, 2.45) is 17.1 Å². The maximum Gasteiger partial charge on any atom is 0.315 e. The van der Waals surface area contributed by atoms with Crippen molar-refractivity contribution in [2.75, 3.05) is 12.4 Å². The molecule has 0 aromatic heterocycles. The topological polar surface area (TPSA) is 52.3 Å². The molecule has 1 fully saturated rings. The van der Waals surface area contributed by atoms with Crippen molar-refractivity contribution in [3.05, 3.63) is 0 Å². The lowest BCUT2D eigenvalue weighted by Gasteiger charge is -2.40. The number of rotatable bonds is 4. The van der Waals surface area contributed by atoms with Crippen LogP contribution in [0.1, 0.15) is 47.0 Å². The standard InChI is InChI=1S/C14H27NO2S/c1-5-17-13(16)9-18-12-8-10(14(2,3)4)6-7-11(12)15/h10-12H,5-9,15H2,1-4H3. The predicted octanol–water partition coefficient (Wildman–Crippen LogP) is 2.82. The molecule has 0 heterocycles. The smallest absolute Gasteiger partial charge is 0.315 e. The number of carbonyl (C=O) groups excluding carboxylic acids is 1. The Morgan fingerprint density at radius 1 is 1.39 bits per heavy atom. The summed E-state index contributed by atoms with van der Waals surface area (Å²) in [5.41, 5.74) is 6.51. The highest BCUT2D eigenvalue weighted by molar-refractivity contribution is 8.00. The van der Waals surface area contributed by atoms with Crippen molar-refractivity contribution >= 4 is 17.7 Å². The van der Waals surface area contributed by atoms with E-state index in [4.69, 9.17) is 10.5 Å². The van der Waals surface area contributed by atoms with Crippen LogP contribution in [-0.2, 0) is 9.53 Å². The normalized spacial score (nSPS) is 29.1. The molecule has 106 valence electrons.